The molecule has 8 nitrogen and oxygen atoms in total. The number of carbonyl (C=O) groups is 3. The van der Waals surface area contributed by atoms with Crippen molar-refractivity contribution in [3.8, 4) is 0 Å². The molecule has 0 aliphatic rings. The van der Waals surface area contributed by atoms with Crippen LogP contribution in [0.25, 0.3) is 0 Å². The monoisotopic (exact) mass is 270 g/mol. The van der Waals surface area contributed by atoms with Crippen molar-refractivity contribution in [2.75, 3.05) is 6.54 Å². The highest BCUT2D eigenvalue weighted by Gasteiger charge is 2.36. The van der Waals surface area contributed by atoms with Crippen LogP contribution in [0, 0.1) is 12.3 Å². The number of nitrogens with one attached hydrogen (secondary N) is 1. The number of carboxylic acid groups (broad SMARTS) is 2. The predicted molar refractivity (Wildman–Crippen MR) is 61.6 cm³/mol. The molecule has 3 N–H and O–H groups in total. The zero-order valence-corrected chi connectivity index (χ0v) is 10.5. The van der Waals surface area contributed by atoms with Gasteiger partial charge in [0.15, 0.2) is 5.69 Å². The summed E-state index contributed by atoms with van der Waals surface area (Å²) in [6.45, 7) is 2.53. The second kappa shape index (κ2) is 5.51. The second-order valence-electron chi connectivity index (χ2n) is 4.44. The van der Waals surface area contributed by atoms with Crippen LogP contribution in [0.5, 0.6) is 0 Å². The van der Waals surface area contributed by atoms with Gasteiger partial charge in [0.25, 0.3) is 5.91 Å². The first-order chi connectivity index (χ1) is 8.74. The average molecular weight is 270 g/mol. The van der Waals surface area contributed by atoms with Crippen LogP contribution in [0.4, 0.5) is 0 Å². The van der Waals surface area contributed by atoms with Gasteiger partial charge in [0.2, 0.25) is 0 Å². The third-order valence-electron chi connectivity index (χ3n) is 2.56. The molecule has 0 saturated heterocycles. The lowest BCUT2D eigenvalue weighted by atomic mass is 9.87. The molecule has 1 unspecified atom stereocenters. The van der Waals surface area contributed by atoms with Crippen molar-refractivity contribution in [3.05, 3.63) is 17.5 Å². The number of aryl methyl sites for hydroxylation is 1. The molecule has 1 aromatic heterocycles. The molecule has 0 aromatic carbocycles. The number of carbonyl (C=O) groups excluding carboxylic acids is 1. The number of hydrogen-bond donors (Lipinski definition) is 3. The van der Waals surface area contributed by atoms with Crippen LogP contribution in [-0.2, 0) is 9.59 Å². The molecule has 0 aliphatic carbocycles. The number of aromatic nitrogens is 1. The number of aliphatic carboxylic acids is 2. The average Bonchev–Trinajstić information content (AvgIpc) is 2.71. The molecule has 8 heteroatoms. The fourth-order valence-corrected chi connectivity index (χ4v) is 1.39. The molecule has 0 saturated carbocycles. The number of carboxylic acids is 2. The predicted octanol–water partition coefficient (Wildman–Crippen LogP) is 0.278. The summed E-state index contributed by atoms with van der Waals surface area (Å²) < 4.78 is 4.71. The first-order valence-corrected chi connectivity index (χ1v) is 5.41. The van der Waals surface area contributed by atoms with Gasteiger partial charge in [-0.25, -0.2) is 0 Å². The Morgan fingerprint density at radius 1 is 1.42 bits per heavy atom. The van der Waals surface area contributed by atoms with Gasteiger partial charge >= 0.3 is 11.9 Å². The topological polar surface area (TPSA) is 130 Å². The summed E-state index contributed by atoms with van der Waals surface area (Å²) in [4.78, 5) is 33.3. The zero-order valence-electron chi connectivity index (χ0n) is 10.5. The van der Waals surface area contributed by atoms with Gasteiger partial charge in [-0.15, -0.1) is 0 Å². The molecule has 1 heterocycles. The Balaban J connectivity index is 2.69. The summed E-state index contributed by atoms with van der Waals surface area (Å²) in [6.07, 6.45) is -0.597. The van der Waals surface area contributed by atoms with Gasteiger partial charge in [0.05, 0.1) is 11.8 Å². The minimum absolute atomic E-state index is 0.0144. The van der Waals surface area contributed by atoms with Gasteiger partial charge in [-0.2, -0.15) is 0 Å². The van der Waals surface area contributed by atoms with Gasteiger partial charge in [0.1, 0.15) is 5.76 Å². The van der Waals surface area contributed by atoms with E-state index in [9.17, 15) is 14.4 Å². The third-order valence-corrected chi connectivity index (χ3v) is 2.56. The molecule has 0 radical (unpaired) electrons. The van der Waals surface area contributed by atoms with Crippen LogP contribution in [0.1, 0.15) is 29.6 Å². The van der Waals surface area contributed by atoms with Crippen molar-refractivity contribution in [2.45, 2.75) is 20.3 Å². The molecule has 0 spiro atoms. The van der Waals surface area contributed by atoms with Crippen molar-refractivity contribution < 1.29 is 29.1 Å². The second-order valence-corrected chi connectivity index (χ2v) is 4.44. The van der Waals surface area contributed by atoms with E-state index in [1.54, 1.807) is 6.92 Å². The summed E-state index contributed by atoms with van der Waals surface area (Å²) >= 11 is 0. The van der Waals surface area contributed by atoms with Crippen molar-refractivity contribution in [2.24, 2.45) is 5.41 Å². The van der Waals surface area contributed by atoms with Crippen LogP contribution in [0.15, 0.2) is 10.6 Å². The van der Waals surface area contributed by atoms with E-state index < -0.39 is 29.7 Å². The summed E-state index contributed by atoms with van der Waals surface area (Å²) in [6, 6.07) is 1.39. The molecule has 0 bridgehead atoms. The molecule has 1 atom stereocenters. The zero-order chi connectivity index (χ0) is 14.6. The number of nitrogens with zero attached hydrogens (tertiary/aromatic N) is 1. The van der Waals surface area contributed by atoms with Crippen molar-refractivity contribution in [3.63, 3.8) is 0 Å². The Morgan fingerprint density at radius 3 is 2.47 bits per heavy atom. The van der Waals surface area contributed by atoms with E-state index in [2.05, 4.69) is 10.5 Å². The molecule has 1 amide bonds. The molecule has 104 valence electrons. The molecule has 1 aromatic rings. The largest absolute Gasteiger partial charge is 0.481 e. The Hall–Kier alpha value is -2.38. The lowest BCUT2D eigenvalue weighted by molar-refractivity contribution is -0.154. The maximum atomic E-state index is 11.6. The molecular formula is C11H14N2O6. The maximum absolute atomic E-state index is 11.6. The minimum atomic E-state index is -1.58. The number of amides is 1. The molecule has 1 rings (SSSR count). The van der Waals surface area contributed by atoms with E-state index in [4.69, 9.17) is 14.7 Å². The number of hydrogen-bond acceptors (Lipinski definition) is 5. The third kappa shape index (κ3) is 3.80. The van der Waals surface area contributed by atoms with Gasteiger partial charge < -0.3 is 20.1 Å². The van der Waals surface area contributed by atoms with Gasteiger partial charge in [-0.05, 0) is 13.8 Å². The van der Waals surface area contributed by atoms with E-state index >= 15 is 0 Å². The summed E-state index contributed by atoms with van der Waals surface area (Å²) in [5.41, 5.74) is -1.57. The van der Waals surface area contributed by atoms with Crippen molar-refractivity contribution in [1.29, 1.82) is 0 Å². The Labute approximate surface area is 108 Å². The molecule has 0 fully saturated rings. The van der Waals surface area contributed by atoms with Gasteiger partial charge in [-0.1, -0.05) is 5.16 Å². The van der Waals surface area contributed by atoms with E-state index in [0.717, 1.165) is 0 Å². The van der Waals surface area contributed by atoms with E-state index in [0.29, 0.717) is 5.76 Å². The molecule has 0 aliphatic heterocycles. The molecule has 19 heavy (non-hydrogen) atoms. The Kier molecular flexibility index (Phi) is 4.26. The lowest BCUT2D eigenvalue weighted by Crippen LogP contribution is -2.42. The Bertz CT molecular complexity index is 509. The van der Waals surface area contributed by atoms with Crippen LogP contribution in [0.3, 0.4) is 0 Å². The van der Waals surface area contributed by atoms with E-state index in [1.165, 1.54) is 13.0 Å². The van der Waals surface area contributed by atoms with Crippen molar-refractivity contribution in [1.82, 2.24) is 10.5 Å². The smallest absolute Gasteiger partial charge is 0.311 e. The SMILES string of the molecule is Cc1cc(C(=O)NCC(C)(CC(=O)O)C(=O)O)no1. The normalized spacial score (nSPS) is 13.6. The van der Waals surface area contributed by atoms with Crippen LogP contribution >= 0.6 is 0 Å². The van der Waals surface area contributed by atoms with E-state index in [1.807, 2.05) is 0 Å². The highest BCUT2D eigenvalue weighted by Crippen LogP contribution is 2.20. The van der Waals surface area contributed by atoms with Gasteiger partial charge in [-0.3, -0.25) is 14.4 Å². The fourth-order valence-electron chi connectivity index (χ4n) is 1.39. The van der Waals surface area contributed by atoms with Gasteiger partial charge in [0, 0.05) is 12.6 Å². The highest BCUT2D eigenvalue weighted by molar-refractivity contribution is 5.92. The summed E-state index contributed by atoms with van der Waals surface area (Å²) in [5.74, 6) is -2.73. The first kappa shape index (κ1) is 14.7. The standard InChI is InChI=1S/C11H14N2O6/c1-6-3-7(13-19-6)9(16)12-5-11(2,10(17)18)4-8(14)15/h3H,4-5H2,1-2H3,(H,12,16)(H,14,15)(H,17,18). The van der Waals surface area contributed by atoms with Crippen LogP contribution in [0.2, 0.25) is 0 Å². The maximum Gasteiger partial charge on any atom is 0.311 e. The fraction of sp³-hybridized carbons (Fsp3) is 0.455. The van der Waals surface area contributed by atoms with Crippen LogP contribution < -0.4 is 5.32 Å². The van der Waals surface area contributed by atoms with Crippen molar-refractivity contribution >= 4 is 17.8 Å². The summed E-state index contributed by atoms with van der Waals surface area (Å²) in [7, 11) is 0. The quantitative estimate of drug-likeness (QED) is 0.676. The van der Waals surface area contributed by atoms with E-state index in [-0.39, 0.29) is 12.2 Å². The Morgan fingerprint density at radius 2 is 2.05 bits per heavy atom. The summed E-state index contributed by atoms with van der Waals surface area (Å²) in [5, 5.41) is 23.5. The first-order valence-electron chi connectivity index (χ1n) is 5.41. The van der Waals surface area contributed by atoms with Crippen LogP contribution in [-0.4, -0.2) is 39.8 Å². The molecular weight excluding hydrogens is 256 g/mol. The lowest BCUT2D eigenvalue weighted by Gasteiger charge is -2.22. The minimum Gasteiger partial charge on any atom is -0.481 e. The number of rotatable bonds is 6. The highest BCUT2D eigenvalue weighted by atomic mass is 16.5.